The van der Waals surface area contributed by atoms with Crippen LogP contribution in [0.2, 0.25) is 0 Å². The molecule has 7 heteroatoms. The van der Waals surface area contributed by atoms with Gasteiger partial charge in [-0.15, -0.1) is 0 Å². The van der Waals surface area contributed by atoms with Crippen molar-refractivity contribution in [2.75, 3.05) is 0 Å². The molecule has 3 aromatic rings. The Morgan fingerprint density at radius 2 is 1.88 bits per heavy atom. The van der Waals surface area contributed by atoms with E-state index in [2.05, 4.69) is 65.2 Å². The zero-order chi connectivity index (χ0) is 16.8. The quantitative estimate of drug-likeness (QED) is 0.432. The minimum atomic E-state index is 0. The van der Waals surface area contributed by atoms with Crippen LogP contribution in [0.4, 0.5) is 0 Å². The molecule has 0 amide bonds. The standard InChI is InChI=1S/C18H13N3O.3W/c1-12-5-4-8-16-18(12)14-6-2-3-7-15(14)21(16)10-9-13-11-17(19)20-22-13;;;/h2-9H,1H3,(H2,19,20);;;/b13-9+;;;. The molecule has 0 saturated carbocycles. The molecule has 4 rings (SSSR count). The number of benzene rings is 2. The summed E-state index contributed by atoms with van der Waals surface area (Å²) < 4.78 is 4.43. The van der Waals surface area contributed by atoms with Gasteiger partial charge in [0.1, 0.15) is 0 Å². The van der Waals surface area contributed by atoms with Gasteiger partial charge in [-0.25, -0.2) is 0 Å². The Kier molecular flexibility index (Phi) is 5.54. The summed E-state index contributed by atoms with van der Waals surface area (Å²) in [6, 6.07) is 15.0. The molecule has 1 aliphatic heterocycles. The fourth-order valence-electron chi connectivity index (χ4n) is 3.01. The van der Waals surface area contributed by atoms with E-state index in [-0.39, 0.29) is 21.1 Å². The number of amidine groups is 1. The van der Waals surface area contributed by atoms with Crippen molar-refractivity contribution in [1.29, 1.82) is 0 Å². The minimum absolute atomic E-state index is 0. The van der Waals surface area contributed by atoms with Gasteiger partial charge in [-0.3, -0.25) is 0 Å². The molecule has 0 saturated heterocycles. The Hall–Kier alpha value is -0.945. The minimum Gasteiger partial charge on any atom is 0 e. The molecule has 0 spiro atoms. The number of allylic oxidation sites excluding steroid dienone is 1. The van der Waals surface area contributed by atoms with E-state index in [1.165, 1.54) is 66.1 Å². The zero-order valence-corrected chi connectivity index (χ0v) is 22.0. The Morgan fingerprint density at radius 3 is 2.60 bits per heavy atom. The summed E-state index contributed by atoms with van der Waals surface area (Å²) >= 11 is 2.62. The summed E-state index contributed by atoms with van der Waals surface area (Å²) in [7, 11) is 0. The first-order valence-corrected chi connectivity index (χ1v) is 10.3. The fraction of sp³-hybridized carbons (Fsp3) is 0.0556. The van der Waals surface area contributed by atoms with E-state index in [0.29, 0.717) is 5.84 Å². The molecule has 2 aromatic carbocycles. The second kappa shape index (κ2) is 7.35. The third kappa shape index (κ3) is 3.14. The molecule has 0 unspecified atom stereocenters. The van der Waals surface area contributed by atoms with E-state index in [4.69, 9.17) is 10.6 Å². The van der Waals surface area contributed by atoms with Gasteiger partial charge < -0.3 is 0 Å². The average Bonchev–Trinajstić information content (AvgIpc) is 3.08. The molecule has 1 aliphatic rings. The summed E-state index contributed by atoms with van der Waals surface area (Å²) in [5.41, 5.74) is 9.54. The second-order valence-corrected chi connectivity index (χ2v) is 8.53. The first-order valence-electron chi connectivity index (χ1n) is 7.38. The van der Waals surface area contributed by atoms with Gasteiger partial charge in [-0.2, -0.15) is 0 Å². The number of nitrogens with two attached hydrogens (primary N) is 1. The molecule has 0 aliphatic carbocycles. The monoisotopic (exact) mass is 839 g/mol. The van der Waals surface area contributed by atoms with Crippen LogP contribution in [0, 0.1) is 6.92 Å². The van der Waals surface area contributed by atoms with Crippen molar-refractivity contribution in [2.45, 2.75) is 6.92 Å². The van der Waals surface area contributed by atoms with Crippen molar-refractivity contribution in [3.63, 3.8) is 0 Å². The van der Waals surface area contributed by atoms with Crippen molar-refractivity contribution < 1.29 is 64.6 Å². The normalized spacial score (nSPS) is 15.3. The summed E-state index contributed by atoms with van der Waals surface area (Å²) in [6.07, 6.45) is 2.05. The number of aryl methyl sites for hydroxylation is 1. The van der Waals surface area contributed by atoms with Gasteiger partial charge in [-0.1, -0.05) is 0 Å². The van der Waals surface area contributed by atoms with E-state index in [1.807, 2.05) is 0 Å². The third-order valence-electron chi connectivity index (χ3n) is 4.08. The molecular weight excluding hydrogens is 826 g/mol. The van der Waals surface area contributed by atoms with Crippen LogP contribution in [0.25, 0.3) is 21.8 Å². The Bertz CT molecular complexity index is 1100. The predicted octanol–water partition coefficient (Wildman–Crippen LogP) is 2.53. The molecular formula is C18H13N3OW3. The molecule has 25 heavy (non-hydrogen) atoms. The Balaban J connectivity index is 0.00000182. The Morgan fingerprint density at radius 1 is 1.16 bits per heavy atom. The third-order valence-corrected chi connectivity index (χ3v) is 6.63. The van der Waals surface area contributed by atoms with E-state index in [0.717, 1.165) is 13.7 Å². The number of rotatable bonds is 2. The maximum atomic E-state index is 5.82. The van der Waals surface area contributed by atoms with Gasteiger partial charge in [0, 0.05) is 21.1 Å². The summed E-state index contributed by atoms with van der Waals surface area (Å²) in [5.74, 6) is 1.24. The number of hydrogen-bond donors (Lipinski definition) is 1. The van der Waals surface area contributed by atoms with Crippen molar-refractivity contribution >= 4 is 35.6 Å². The van der Waals surface area contributed by atoms with Crippen molar-refractivity contribution in [3.8, 4) is 0 Å². The number of nitrogens with zero attached hydrogens (tertiary/aromatic N) is 2. The summed E-state index contributed by atoms with van der Waals surface area (Å²) in [6.45, 7) is 2.16. The number of fused-ring (bicyclic) bond motifs is 3. The molecule has 2 heterocycles. The summed E-state index contributed by atoms with van der Waals surface area (Å²) in [4.78, 5) is 5.38. The molecule has 0 radical (unpaired) electrons. The van der Waals surface area contributed by atoms with Crippen LogP contribution in [-0.2, 0) is 64.6 Å². The summed E-state index contributed by atoms with van der Waals surface area (Å²) in [5, 5.41) is 6.45. The van der Waals surface area contributed by atoms with Gasteiger partial charge in [0.15, 0.2) is 0 Å². The van der Waals surface area contributed by atoms with E-state index in [1.54, 1.807) is 0 Å². The molecule has 4 nitrogen and oxygen atoms in total. The van der Waals surface area contributed by atoms with E-state index < -0.39 is 0 Å². The van der Waals surface area contributed by atoms with Crippen LogP contribution in [0.5, 0.6) is 0 Å². The topological polar surface area (TPSA) is 52.5 Å². The van der Waals surface area contributed by atoms with Crippen molar-refractivity contribution in [3.05, 3.63) is 59.9 Å². The number of para-hydroxylation sites is 1. The molecule has 0 fully saturated rings. The fourth-order valence-corrected chi connectivity index (χ4v) is 4.58. The van der Waals surface area contributed by atoms with Crippen LogP contribution in [-0.4, -0.2) is 18.3 Å². The number of aromatic nitrogens is 1. The van der Waals surface area contributed by atoms with Crippen LogP contribution < -0.4 is 5.73 Å². The van der Waals surface area contributed by atoms with Crippen LogP contribution in [0.3, 0.4) is 0 Å². The Labute approximate surface area is 181 Å². The largest absolute Gasteiger partial charge is 0 e. The SMILES string of the molecule is Cc1cccc2c1c1ccccc1n2[C](=[W])/C=C1/ON=C(N)[C]1=[W].[W]. The number of oxime groups is 1. The maximum Gasteiger partial charge on any atom is 0 e. The van der Waals surface area contributed by atoms with Gasteiger partial charge in [0.2, 0.25) is 0 Å². The second-order valence-electron chi connectivity index (χ2n) is 5.57. The van der Waals surface area contributed by atoms with Crippen LogP contribution in [0.1, 0.15) is 5.56 Å². The zero-order valence-electron chi connectivity index (χ0n) is 13.2. The van der Waals surface area contributed by atoms with Gasteiger partial charge in [0.05, 0.1) is 0 Å². The van der Waals surface area contributed by atoms with Crippen LogP contribution >= 0.6 is 0 Å². The molecule has 0 atom stereocenters. The van der Waals surface area contributed by atoms with Gasteiger partial charge in [0.25, 0.3) is 0 Å². The molecule has 2 N–H and O–H groups in total. The van der Waals surface area contributed by atoms with E-state index in [9.17, 15) is 0 Å². The first-order chi connectivity index (χ1) is 11.6. The first kappa shape index (κ1) is 18.8. The van der Waals surface area contributed by atoms with Crippen molar-refractivity contribution in [2.24, 2.45) is 10.9 Å². The van der Waals surface area contributed by atoms with E-state index >= 15 is 0 Å². The number of hydrogen-bond acceptors (Lipinski definition) is 3. The average molecular weight is 839 g/mol. The molecule has 1 aromatic heterocycles. The van der Waals surface area contributed by atoms with Crippen molar-refractivity contribution in [1.82, 2.24) is 4.57 Å². The van der Waals surface area contributed by atoms with Crippen LogP contribution in [0.15, 0.2) is 59.5 Å². The van der Waals surface area contributed by atoms with Gasteiger partial charge in [-0.05, 0) is 0 Å². The maximum absolute atomic E-state index is 5.82. The van der Waals surface area contributed by atoms with Gasteiger partial charge >= 0.3 is 161 Å². The predicted molar refractivity (Wildman–Crippen MR) is 90.4 cm³/mol. The molecule has 124 valence electrons. The smallest absolute Gasteiger partial charge is 0 e. The molecule has 0 bridgehead atoms.